The molecule has 0 saturated carbocycles. The highest BCUT2D eigenvalue weighted by Gasteiger charge is 2.04. The average Bonchev–Trinajstić information content (AvgIpc) is 2.64. The van der Waals surface area contributed by atoms with E-state index >= 15 is 0 Å². The first kappa shape index (κ1) is 18.7. The van der Waals surface area contributed by atoms with E-state index in [0.717, 1.165) is 30.0 Å². The molecule has 0 unspecified atom stereocenters. The molecule has 134 valence electrons. The second kappa shape index (κ2) is 9.61. The van der Waals surface area contributed by atoms with Crippen molar-refractivity contribution in [1.29, 1.82) is 0 Å². The van der Waals surface area contributed by atoms with E-state index in [-0.39, 0.29) is 5.82 Å². The number of nitrogens with zero attached hydrogens (tertiary/aromatic N) is 3. The fraction of sp³-hybridized carbons (Fsp3) is 0.368. The van der Waals surface area contributed by atoms with Gasteiger partial charge in [0.25, 0.3) is 0 Å². The predicted octanol–water partition coefficient (Wildman–Crippen LogP) is 2.93. The van der Waals surface area contributed by atoms with Crippen molar-refractivity contribution in [1.82, 2.24) is 15.6 Å². The van der Waals surface area contributed by atoms with Gasteiger partial charge < -0.3 is 15.5 Å². The van der Waals surface area contributed by atoms with E-state index in [1.54, 1.807) is 13.1 Å². The summed E-state index contributed by atoms with van der Waals surface area (Å²) in [7, 11) is 1.71. The van der Waals surface area contributed by atoms with Crippen molar-refractivity contribution < 1.29 is 4.39 Å². The molecule has 2 rings (SSSR count). The van der Waals surface area contributed by atoms with Gasteiger partial charge in [-0.3, -0.25) is 4.99 Å². The zero-order valence-corrected chi connectivity index (χ0v) is 15.1. The first-order chi connectivity index (χ1) is 12.2. The molecule has 0 amide bonds. The maximum absolute atomic E-state index is 13.2. The average molecular weight is 343 g/mol. The Morgan fingerprint density at radius 3 is 2.36 bits per heavy atom. The van der Waals surface area contributed by atoms with Crippen LogP contribution in [0.2, 0.25) is 0 Å². The molecule has 0 bridgehead atoms. The van der Waals surface area contributed by atoms with Gasteiger partial charge in [0.15, 0.2) is 5.96 Å². The third kappa shape index (κ3) is 5.74. The maximum atomic E-state index is 13.2. The highest BCUT2D eigenvalue weighted by molar-refractivity contribution is 5.79. The third-order valence-corrected chi connectivity index (χ3v) is 3.93. The number of hydrogen-bond acceptors (Lipinski definition) is 3. The van der Waals surface area contributed by atoms with E-state index in [1.807, 2.05) is 18.3 Å². The molecule has 0 atom stereocenters. The molecule has 25 heavy (non-hydrogen) atoms. The zero-order chi connectivity index (χ0) is 18.1. The van der Waals surface area contributed by atoms with Gasteiger partial charge >= 0.3 is 0 Å². The molecule has 0 fully saturated rings. The highest BCUT2D eigenvalue weighted by Crippen LogP contribution is 2.10. The number of halogens is 1. The summed E-state index contributed by atoms with van der Waals surface area (Å²) in [6, 6.07) is 10.6. The van der Waals surface area contributed by atoms with Crippen LogP contribution in [0.3, 0.4) is 0 Å². The van der Waals surface area contributed by atoms with Gasteiger partial charge in [0.1, 0.15) is 11.6 Å². The van der Waals surface area contributed by atoms with Crippen molar-refractivity contribution in [2.45, 2.75) is 26.9 Å². The number of guanidine groups is 1. The lowest BCUT2D eigenvalue weighted by atomic mass is 10.2. The molecule has 0 aliphatic rings. The van der Waals surface area contributed by atoms with Gasteiger partial charge in [-0.05, 0) is 43.2 Å². The summed E-state index contributed by atoms with van der Waals surface area (Å²) in [4.78, 5) is 10.9. The molecule has 5 nitrogen and oxygen atoms in total. The Bertz CT molecular complexity index is 680. The van der Waals surface area contributed by atoms with Crippen LogP contribution < -0.4 is 15.5 Å². The standard InChI is InChI=1S/C19H26FN5/c1-4-25(5-2)18-10-9-16(13-22-18)14-24-19(21-3)23-12-15-7-6-8-17(20)11-15/h6-11,13H,4-5,12,14H2,1-3H3,(H2,21,23,24). The normalized spacial score (nSPS) is 11.3. The number of pyridine rings is 1. The Hall–Kier alpha value is -2.63. The van der Waals surface area contributed by atoms with Crippen LogP contribution in [0.25, 0.3) is 0 Å². The van der Waals surface area contributed by atoms with Crippen molar-refractivity contribution in [2.75, 3.05) is 25.0 Å². The van der Waals surface area contributed by atoms with Gasteiger partial charge in [-0.1, -0.05) is 18.2 Å². The van der Waals surface area contributed by atoms with E-state index in [2.05, 4.69) is 45.4 Å². The van der Waals surface area contributed by atoms with E-state index in [1.165, 1.54) is 12.1 Å². The molecule has 2 N–H and O–H groups in total. The van der Waals surface area contributed by atoms with E-state index < -0.39 is 0 Å². The topological polar surface area (TPSA) is 52.5 Å². The lowest BCUT2D eigenvalue weighted by molar-refractivity contribution is 0.624. The number of benzene rings is 1. The Morgan fingerprint density at radius 1 is 1.08 bits per heavy atom. The van der Waals surface area contributed by atoms with Crippen LogP contribution in [-0.4, -0.2) is 31.1 Å². The highest BCUT2D eigenvalue weighted by atomic mass is 19.1. The van der Waals surface area contributed by atoms with E-state index in [4.69, 9.17) is 0 Å². The van der Waals surface area contributed by atoms with E-state index in [9.17, 15) is 4.39 Å². The number of aromatic nitrogens is 1. The lowest BCUT2D eigenvalue weighted by Gasteiger charge is -2.19. The summed E-state index contributed by atoms with van der Waals surface area (Å²) < 4.78 is 13.2. The number of rotatable bonds is 7. The van der Waals surface area contributed by atoms with Gasteiger partial charge in [-0.15, -0.1) is 0 Å². The minimum absolute atomic E-state index is 0.235. The first-order valence-electron chi connectivity index (χ1n) is 8.55. The van der Waals surface area contributed by atoms with Crippen LogP contribution in [0.15, 0.2) is 47.6 Å². The van der Waals surface area contributed by atoms with Gasteiger partial charge in [-0.25, -0.2) is 9.37 Å². The summed E-state index contributed by atoms with van der Waals surface area (Å²) >= 11 is 0. The molecule has 0 aliphatic carbocycles. The smallest absolute Gasteiger partial charge is 0.191 e. The minimum atomic E-state index is -0.235. The summed E-state index contributed by atoms with van der Waals surface area (Å²) in [5, 5.41) is 6.41. The third-order valence-electron chi connectivity index (χ3n) is 3.93. The lowest BCUT2D eigenvalue weighted by Crippen LogP contribution is -2.36. The number of nitrogens with one attached hydrogen (secondary N) is 2. The van der Waals surface area contributed by atoms with Gasteiger partial charge in [-0.2, -0.15) is 0 Å². The molecular weight excluding hydrogens is 317 g/mol. The van der Waals surface area contributed by atoms with Crippen LogP contribution in [0.4, 0.5) is 10.2 Å². The minimum Gasteiger partial charge on any atom is -0.357 e. The molecule has 2 aromatic rings. The molecule has 6 heteroatoms. The fourth-order valence-electron chi connectivity index (χ4n) is 2.50. The Morgan fingerprint density at radius 2 is 1.80 bits per heavy atom. The van der Waals surface area contributed by atoms with Crippen LogP contribution >= 0.6 is 0 Å². The Kier molecular flexibility index (Phi) is 7.19. The SMILES string of the molecule is CCN(CC)c1ccc(CNC(=NC)NCc2cccc(F)c2)cn1. The monoisotopic (exact) mass is 343 g/mol. The van der Waals surface area contributed by atoms with Crippen molar-refractivity contribution in [3.63, 3.8) is 0 Å². The molecule has 1 aromatic heterocycles. The van der Waals surface area contributed by atoms with Gasteiger partial charge in [0.05, 0.1) is 0 Å². The molecule has 1 heterocycles. The second-order valence-electron chi connectivity index (χ2n) is 5.61. The number of anilines is 1. The van der Waals surface area contributed by atoms with E-state index in [0.29, 0.717) is 19.0 Å². The molecule has 1 aromatic carbocycles. The summed E-state index contributed by atoms with van der Waals surface area (Å²) in [5.41, 5.74) is 1.94. The second-order valence-corrected chi connectivity index (χ2v) is 5.61. The fourth-order valence-corrected chi connectivity index (χ4v) is 2.50. The molecule has 0 aliphatic heterocycles. The summed E-state index contributed by atoms with van der Waals surface area (Å²) in [6.07, 6.45) is 1.88. The van der Waals surface area contributed by atoms with Crippen LogP contribution in [0.5, 0.6) is 0 Å². The van der Waals surface area contributed by atoms with Crippen LogP contribution in [0.1, 0.15) is 25.0 Å². The van der Waals surface area contributed by atoms with Crippen LogP contribution in [-0.2, 0) is 13.1 Å². The predicted molar refractivity (Wildman–Crippen MR) is 101 cm³/mol. The maximum Gasteiger partial charge on any atom is 0.191 e. The van der Waals surface area contributed by atoms with Crippen molar-refractivity contribution in [3.8, 4) is 0 Å². The summed E-state index contributed by atoms with van der Waals surface area (Å²) in [5.74, 6) is 1.42. The van der Waals surface area contributed by atoms with Crippen molar-refractivity contribution in [3.05, 3.63) is 59.5 Å². The Balaban J connectivity index is 1.86. The molecule has 0 saturated heterocycles. The summed E-state index contributed by atoms with van der Waals surface area (Å²) in [6.45, 7) is 7.25. The van der Waals surface area contributed by atoms with Gasteiger partial charge in [0.2, 0.25) is 0 Å². The quantitative estimate of drug-likeness (QED) is 0.599. The molecule has 0 radical (unpaired) electrons. The molecular formula is C19H26FN5. The largest absolute Gasteiger partial charge is 0.357 e. The number of hydrogen-bond donors (Lipinski definition) is 2. The zero-order valence-electron chi connectivity index (χ0n) is 15.1. The number of aliphatic imine (C=N–C) groups is 1. The Labute approximate surface area is 149 Å². The molecule has 0 spiro atoms. The van der Waals surface area contributed by atoms with Crippen molar-refractivity contribution in [2.24, 2.45) is 4.99 Å². The van der Waals surface area contributed by atoms with Gasteiger partial charge in [0, 0.05) is 39.4 Å². The van der Waals surface area contributed by atoms with Crippen LogP contribution in [0, 0.1) is 5.82 Å². The van der Waals surface area contributed by atoms with Crippen molar-refractivity contribution >= 4 is 11.8 Å². The first-order valence-corrected chi connectivity index (χ1v) is 8.55.